The number of halogens is 1. The molecule has 1 heterocycles. The average Bonchev–Trinajstić information content (AvgIpc) is 2.71. The van der Waals surface area contributed by atoms with Crippen molar-refractivity contribution in [1.82, 2.24) is 9.13 Å². The Kier molecular flexibility index (Phi) is 3.49. The van der Waals surface area contributed by atoms with Gasteiger partial charge in [0.05, 0.1) is 11.0 Å². The Morgan fingerprint density at radius 1 is 1.00 bits per heavy atom. The Morgan fingerprint density at radius 3 is 2.35 bits per heavy atom. The Hall–Kier alpha value is -1.81. The summed E-state index contributed by atoms with van der Waals surface area (Å²) < 4.78 is 5.09. The minimum Gasteiger partial charge on any atom is -0.313 e. The summed E-state index contributed by atoms with van der Waals surface area (Å²) >= 11 is 3.45. The summed E-state index contributed by atoms with van der Waals surface area (Å²) in [4.78, 5) is 0. The van der Waals surface area contributed by atoms with Gasteiger partial charge in [0.25, 0.3) is 0 Å². The van der Waals surface area contributed by atoms with Crippen molar-refractivity contribution in [3.05, 3.63) is 64.2 Å². The second kappa shape index (κ2) is 5.29. The zero-order valence-corrected chi connectivity index (χ0v) is 12.9. The second-order valence-corrected chi connectivity index (χ2v) is 5.82. The molecule has 4 heteroatoms. The van der Waals surface area contributed by atoms with Gasteiger partial charge < -0.3 is 9.13 Å². The van der Waals surface area contributed by atoms with Crippen LogP contribution >= 0.6 is 15.9 Å². The molecule has 0 aliphatic carbocycles. The quantitative estimate of drug-likeness (QED) is 0.763. The van der Waals surface area contributed by atoms with E-state index >= 15 is 0 Å². The van der Waals surface area contributed by atoms with Gasteiger partial charge in [0.15, 0.2) is 0 Å². The van der Waals surface area contributed by atoms with Crippen molar-refractivity contribution >= 4 is 27.0 Å². The largest absolute Gasteiger partial charge is 0.313 e. The van der Waals surface area contributed by atoms with Gasteiger partial charge >= 0.3 is 0 Å². The van der Waals surface area contributed by atoms with Gasteiger partial charge in [-0.2, -0.15) is 0 Å². The van der Waals surface area contributed by atoms with E-state index < -0.39 is 0 Å². The number of imidazole rings is 1. The fourth-order valence-corrected chi connectivity index (χ4v) is 2.77. The molecule has 0 saturated heterocycles. The Bertz CT molecular complexity index is 797. The lowest BCUT2D eigenvalue weighted by Crippen LogP contribution is -2.23. The maximum atomic E-state index is 8.24. The second-order valence-electron chi connectivity index (χ2n) is 4.90. The Morgan fingerprint density at radius 2 is 1.65 bits per heavy atom. The van der Waals surface area contributed by atoms with E-state index in [-0.39, 0.29) is 0 Å². The molecule has 2 aromatic carbocycles. The normalized spacial score (nSPS) is 11.1. The van der Waals surface area contributed by atoms with Gasteiger partial charge in [0.1, 0.15) is 0 Å². The molecule has 0 unspecified atom stereocenters. The Balaban J connectivity index is 1.93. The summed E-state index contributed by atoms with van der Waals surface area (Å²) in [6.45, 7) is 0.821. The van der Waals surface area contributed by atoms with E-state index in [4.69, 9.17) is 5.41 Å². The van der Waals surface area contributed by atoms with Gasteiger partial charge in [-0.25, -0.2) is 0 Å². The summed E-state index contributed by atoms with van der Waals surface area (Å²) in [5, 5.41) is 8.24. The third kappa shape index (κ3) is 2.31. The molecule has 0 amide bonds. The van der Waals surface area contributed by atoms with Crippen LogP contribution in [0.2, 0.25) is 0 Å². The number of aromatic nitrogens is 2. The number of para-hydroxylation sites is 2. The first-order chi connectivity index (χ1) is 9.66. The number of aryl methyl sites for hydroxylation is 3. The molecule has 3 rings (SSSR count). The fraction of sp³-hybridized carbons (Fsp3) is 0.188. The molecule has 0 aliphatic heterocycles. The van der Waals surface area contributed by atoms with Crippen molar-refractivity contribution in [3.63, 3.8) is 0 Å². The molecule has 0 fully saturated rings. The summed E-state index contributed by atoms with van der Waals surface area (Å²) in [5.41, 5.74) is 4.06. The van der Waals surface area contributed by atoms with Crippen LogP contribution in [0.25, 0.3) is 11.0 Å². The number of benzene rings is 2. The third-order valence-corrected chi connectivity index (χ3v) is 4.17. The SMILES string of the molecule is Cn1c(=N)n(CCc2ccc(Br)cc2)c2ccccc21. The lowest BCUT2D eigenvalue weighted by molar-refractivity contribution is 0.638. The first-order valence-corrected chi connectivity index (χ1v) is 7.39. The van der Waals surface area contributed by atoms with Gasteiger partial charge in [-0.15, -0.1) is 0 Å². The van der Waals surface area contributed by atoms with Crippen molar-refractivity contribution in [2.75, 3.05) is 0 Å². The molecular weight excluding hydrogens is 314 g/mol. The van der Waals surface area contributed by atoms with Crippen molar-refractivity contribution in [1.29, 1.82) is 5.41 Å². The zero-order valence-electron chi connectivity index (χ0n) is 11.3. The van der Waals surface area contributed by atoms with Gasteiger partial charge in [-0.05, 0) is 36.2 Å². The lowest BCUT2D eigenvalue weighted by atomic mass is 10.1. The number of hydrogen-bond donors (Lipinski definition) is 1. The van der Waals surface area contributed by atoms with E-state index in [2.05, 4.69) is 56.9 Å². The molecule has 0 radical (unpaired) electrons. The highest BCUT2D eigenvalue weighted by Gasteiger charge is 2.07. The molecule has 20 heavy (non-hydrogen) atoms. The third-order valence-electron chi connectivity index (χ3n) is 3.64. The number of nitrogens with one attached hydrogen (secondary N) is 1. The van der Waals surface area contributed by atoms with Crippen LogP contribution in [-0.4, -0.2) is 9.13 Å². The number of nitrogens with zero attached hydrogens (tertiary/aromatic N) is 2. The molecule has 1 aromatic heterocycles. The molecular formula is C16H16BrN3. The van der Waals surface area contributed by atoms with Crippen LogP contribution in [0.5, 0.6) is 0 Å². The standard InChI is InChI=1S/C16H16BrN3/c1-19-14-4-2-3-5-15(14)20(16(19)18)11-10-12-6-8-13(17)9-7-12/h2-9,18H,10-11H2,1H3. The highest BCUT2D eigenvalue weighted by Crippen LogP contribution is 2.14. The van der Waals surface area contributed by atoms with Crippen molar-refractivity contribution in [3.8, 4) is 0 Å². The van der Waals surface area contributed by atoms with Crippen LogP contribution < -0.4 is 5.62 Å². The zero-order chi connectivity index (χ0) is 14.1. The molecule has 0 saturated carbocycles. The minimum atomic E-state index is 0.545. The first-order valence-electron chi connectivity index (χ1n) is 6.60. The number of hydrogen-bond acceptors (Lipinski definition) is 1. The minimum absolute atomic E-state index is 0.545. The fourth-order valence-electron chi connectivity index (χ4n) is 2.50. The van der Waals surface area contributed by atoms with Crippen molar-refractivity contribution < 1.29 is 0 Å². The summed E-state index contributed by atoms with van der Waals surface area (Å²) in [6, 6.07) is 16.5. The molecule has 0 aliphatic rings. The predicted octanol–water partition coefficient (Wildman–Crippen LogP) is 3.46. The van der Waals surface area contributed by atoms with E-state index in [0.717, 1.165) is 28.5 Å². The highest BCUT2D eigenvalue weighted by atomic mass is 79.9. The van der Waals surface area contributed by atoms with Gasteiger partial charge in [-0.3, -0.25) is 5.41 Å². The van der Waals surface area contributed by atoms with Gasteiger partial charge in [-0.1, -0.05) is 40.2 Å². The highest BCUT2D eigenvalue weighted by molar-refractivity contribution is 9.10. The number of fused-ring (bicyclic) bond motifs is 1. The maximum Gasteiger partial charge on any atom is 0.202 e. The monoisotopic (exact) mass is 329 g/mol. The van der Waals surface area contributed by atoms with Gasteiger partial charge in [0.2, 0.25) is 5.62 Å². The van der Waals surface area contributed by atoms with E-state index in [1.807, 2.05) is 23.7 Å². The molecule has 102 valence electrons. The molecule has 3 nitrogen and oxygen atoms in total. The van der Waals surface area contributed by atoms with Crippen LogP contribution in [0.3, 0.4) is 0 Å². The molecule has 0 spiro atoms. The van der Waals surface area contributed by atoms with E-state index in [0.29, 0.717) is 5.62 Å². The molecule has 0 atom stereocenters. The van der Waals surface area contributed by atoms with Crippen molar-refractivity contribution in [2.45, 2.75) is 13.0 Å². The van der Waals surface area contributed by atoms with E-state index in [9.17, 15) is 0 Å². The van der Waals surface area contributed by atoms with Crippen LogP contribution in [-0.2, 0) is 20.0 Å². The average molecular weight is 330 g/mol. The van der Waals surface area contributed by atoms with Crippen LogP contribution in [0.4, 0.5) is 0 Å². The maximum absolute atomic E-state index is 8.24. The Labute approximate surface area is 126 Å². The van der Waals surface area contributed by atoms with Gasteiger partial charge in [0, 0.05) is 18.1 Å². The van der Waals surface area contributed by atoms with E-state index in [1.54, 1.807) is 0 Å². The van der Waals surface area contributed by atoms with Crippen LogP contribution in [0, 0.1) is 5.41 Å². The summed E-state index contributed by atoms with van der Waals surface area (Å²) in [5.74, 6) is 0. The van der Waals surface area contributed by atoms with Crippen LogP contribution in [0.1, 0.15) is 5.56 Å². The lowest BCUT2D eigenvalue weighted by Gasteiger charge is -2.05. The van der Waals surface area contributed by atoms with E-state index in [1.165, 1.54) is 5.56 Å². The smallest absolute Gasteiger partial charge is 0.202 e. The number of rotatable bonds is 3. The molecule has 1 N–H and O–H groups in total. The van der Waals surface area contributed by atoms with Crippen molar-refractivity contribution in [2.24, 2.45) is 7.05 Å². The van der Waals surface area contributed by atoms with Crippen LogP contribution in [0.15, 0.2) is 53.0 Å². The predicted molar refractivity (Wildman–Crippen MR) is 84.6 cm³/mol. The first kappa shape index (κ1) is 13.2. The summed E-state index contributed by atoms with van der Waals surface area (Å²) in [6.07, 6.45) is 0.928. The summed E-state index contributed by atoms with van der Waals surface area (Å²) in [7, 11) is 1.95. The topological polar surface area (TPSA) is 33.7 Å². The molecule has 0 bridgehead atoms. The molecule has 3 aromatic rings.